The molecule has 2 bridgehead atoms. The summed E-state index contributed by atoms with van der Waals surface area (Å²) in [7, 11) is 3.80. The molecule has 0 aliphatic carbocycles. The van der Waals surface area contributed by atoms with Crippen LogP contribution in [0.1, 0.15) is 47.2 Å². The highest BCUT2D eigenvalue weighted by Crippen LogP contribution is 2.41. The normalized spacial score (nSPS) is 18.8. The van der Waals surface area contributed by atoms with Crippen LogP contribution in [-0.2, 0) is 6.18 Å². The molecule has 1 amide bonds. The summed E-state index contributed by atoms with van der Waals surface area (Å²) in [5.41, 5.74) is -0.433. The van der Waals surface area contributed by atoms with Gasteiger partial charge in [0, 0.05) is 29.5 Å². The zero-order valence-electron chi connectivity index (χ0n) is 20.6. The quantitative estimate of drug-likeness (QED) is 0.495. The van der Waals surface area contributed by atoms with Crippen LogP contribution in [0.4, 0.5) is 24.5 Å². The molecule has 2 aromatic carbocycles. The largest absolute Gasteiger partial charge is 0.417 e. The van der Waals surface area contributed by atoms with Gasteiger partial charge in [-0.15, -0.1) is 0 Å². The number of nitrogens with zero attached hydrogens (tertiary/aromatic N) is 2. The van der Waals surface area contributed by atoms with Crippen molar-refractivity contribution < 1.29 is 18.0 Å². The number of rotatable bonds is 4. The number of nitrogens with one attached hydrogen (secondary N) is 2. The first kappa shape index (κ1) is 24.9. The molecule has 3 aromatic rings. The molecule has 0 saturated carbocycles. The molecule has 192 valence electrons. The molecule has 37 heavy (non-hydrogen) atoms. The lowest BCUT2D eigenvalue weighted by molar-refractivity contribution is -0.136. The van der Waals surface area contributed by atoms with E-state index >= 15 is 0 Å². The Morgan fingerprint density at radius 3 is 2.49 bits per heavy atom. The Hall–Kier alpha value is -3.77. The molecule has 2 N–H and O–H groups in total. The molecule has 6 nitrogen and oxygen atoms in total. The van der Waals surface area contributed by atoms with E-state index in [9.17, 15) is 22.8 Å². The van der Waals surface area contributed by atoms with Gasteiger partial charge >= 0.3 is 6.18 Å². The van der Waals surface area contributed by atoms with E-state index in [1.54, 1.807) is 6.07 Å². The van der Waals surface area contributed by atoms with E-state index in [-0.39, 0.29) is 5.52 Å². The van der Waals surface area contributed by atoms with Crippen molar-refractivity contribution in [3.05, 3.63) is 69.5 Å². The molecule has 0 unspecified atom stereocenters. The molecule has 9 heteroatoms. The third-order valence-electron chi connectivity index (χ3n) is 7.08. The monoisotopic (exact) mass is 508 g/mol. The Balaban J connectivity index is 1.51. The lowest BCUT2D eigenvalue weighted by Crippen LogP contribution is -2.28. The summed E-state index contributed by atoms with van der Waals surface area (Å²) in [5.74, 6) is 5.40. The van der Waals surface area contributed by atoms with Gasteiger partial charge in [0.15, 0.2) is 0 Å². The van der Waals surface area contributed by atoms with Crippen molar-refractivity contribution in [2.24, 2.45) is 0 Å². The standard InChI is InChI=1S/C28H27F3N4O2/c1-34(2)14-4-5-17-15-20(35-18-8-9-19(35)11-10-18)12-13-23(17)33-27(37)21-16-32-24-7-3-6-22(28(29,30)31)25(24)26(21)36/h3,6-7,12-13,15-16,18-19H,8-11,14H2,1-2H3,(H,32,36)(H,33,37). The van der Waals surface area contributed by atoms with Crippen LogP contribution in [-0.4, -0.2) is 48.5 Å². The summed E-state index contributed by atoms with van der Waals surface area (Å²) in [4.78, 5) is 33.2. The number of carbonyl (C=O) groups is 1. The van der Waals surface area contributed by atoms with Crippen molar-refractivity contribution in [2.45, 2.75) is 43.9 Å². The Labute approximate surface area is 212 Å². The Bertz CT molecular complexity index is 1460. The van der Waals surface area contributed by atoms with Gasteiger partial charge in [-0.25, -0.2) is 0 Å². The molecule has 0 radical (unpaired) electrons. The number of alkyl halides is 3. The van der Waals surface area contributed by atoms with E-state index in [0.29, 0.717) is 29.9 Å². The zero-order chi connectivity index (χ0) is 26.3. The number of fused-ring (bicyclic) bond motifs is 3. The maximum atomic E-state index is 13.6. The van der Waals surface area contributed by atoms with Gasteiger partial charge in [-0.2, -0.15) is 13.2 Å². The molecule has 2 aliphatic rings. The second kappa shape index (κ2) is 9.60. The number of aromatic amines is 1. The van der Waals surface area contributed by atoms with Crippen LogP contribution >= 0.6 is 0 Å². The number of hydrogen-bond donors (Lipinski definition) is 2. The number of carbonyl (C=O) groups excluding carboxylic acids is 1. The highest BCUT2D eigenvalue weighted by molar-refractivity contribution is 6.06. The fraction of sp³-hybridized carbons (Fsp3) is 0.357. The second-order valence-electron chi connectivity index (χ2n) is 9.85. The topological polar surface area (TPSA) is 68.4 Å². The van der Waals surface area contributed by atoms with Crippen molar-refractivity contribution >= 4 is 28.2 Å². The Morgan fingerprint density at radius 2 is 1.84 bits per heavy atom. The van der Waals surface area contributed by atoms with Crippen molar-refractivity contribution in [2.75, 3.05) is 30.9 Å². The molecule has 3 heterocycles. The minimum absolute atomic E-state index is 0.0104. The van der Waals surface area contributed by atoms with Crippen molar-refractivity contribution in [3.63, 3.8) is 0 Å². The highest BCUT2D eigenvalue weighted by Gasteiger charge is 2.39. The van der Waals surface area contributed by atoms with Gasteiger partial charge in [-0.1, -0.05) is 17.9 Å². The van der Waals surface area contributed by atoms with Crippen LogP contribution in [0.25, 0.3) is 10.9 Å². The molecular weight excluding hydrogens is 481 g/mol. The molecule has 0 atom stereocenters. The first-order valence-corrected chi connectivity index (χ1v) is 12.2. The molecule has 2 aliphatic heterocycles. The maximum absolute atomic E-state index is 13.6. The lowest BCUT2D eigenvalue weighted by Gasteiger charge is -2.25. The van der Waals surface area contributed by atoms with Crippen LogP contribution in [0, 0.1) is 11.8 Å². The number of anilines is 2. The van der Waals surface area contributed by atoms with Gasteiger partial charge in [0.05, 0.1) is 28.7 Å². The van der Waals surface area contributed by atoms with Gasteiger partial charge < -0.3 is 15.2 Å². The molecule has 0 spiro atoms. The van der Waals surface area contributed by atoms with Crippen LogP contribution in [0.15, 0.2) is 47.4 Å². The summed E-state index contributed by atoms with van der Waals surface area (Å²) in [6, 6.07) is 10.1. The SMILES string of the molecule is CN(C)CC#Cc1cc(N2C3CCC2CC3)ccc1NC(=O)c1c[nH]c2cccc(C(F)(F)F)c2c1=O. The van der Waals surface area contributed by atoms with Crippen LogP contribution in [0.2, 0.25) is 0 Å². The van der Waals surface area contributed by atoms with Gasteiger partial charge in [-0.05, 0) is 70.1 Å². The molecule has 1 aromatic heterocycles. The summed E-state index contributed by atoms with van der Waals surface area (Å²) in [6.07, 6.45) is 1.06. The number of H-pyrrole nitrogens is 1. The number of halogens is 3. The molecule has 5 rings (SSSR count). The van der Waals surface area contributed by atoms with Crippen LogP contribution in [0.3, 0.4) is 0 Å². The average molecular weight is 509 g/mol. The third-order valence-corrected chi connectivity index (χ3v) is 7.08. The first-order valence-electron chi connectivity index (χ1n) is 12.2. The fourth-order valence-corrected chi connectivity index (χ4v) is 5.39. The van der Waals surface area contributed by atoms with Gasteiger partial charge in [-0.3, -0.25) is 14.5 Å². The second-order valence-corrected chi connectivity index (χ2v) is 9.85. The predicted molar refractivity (Wildman–Crippen MR) is 138 cm³/mol. The number of hydrogen-bond acceptors (Lipinski definition) is 4. The minimum Gasteiger partial charge on any atom is -0.366 e. The van der Waals surface area contributed by atoms with Crippen LogP contribution in [0.5, 0.6) is 0 Å². The molecule has 2 saturated heterocycles. The van der Waals surface area contributed by atoms with Crippen molar-refractivity contribution in [3.8, 4) is 11.8 Å². The number of amides is 1. The number of pyridine rings is 1. The smallest absolute Gasteiger partial charge is 0.366 e. The maximum Gasteiger partial charge on any atom is 0.417 e. The first-order chi connectivity index (χ1) is 17.6. The lowest BCUT2D eigenvalue weighted by atomic mass is 10.0. The summed E-state index contributed by atoms with van der Waals surface area (Å²) >= 11 is 0. The average Bonchev–Trinajstić information content (AvgIpc) is 3.45. The Morgan fingerprint density at radius 1 is 1.14 bits per heavy atom. The van der Waals surface area contributed by atoms with Crippen molar-refractivity contribution in [1.82, 2.24) is 9.88 Å². The highest BCUT2D eigenvalue weighted by atomic mass is 19.4. The van der Waals surface area contributed by atoms with E-state index in [0.717, 1.165) is 43.6 Å². The third kappa shape index (κ3) is 4.81. The van der Waals surface area contributed by atoms with Crippen molar-refractivity contribution in [1.29, 1.82) is 0 Å². The number of benzene rings is 2. The zero-order valence-corrected chi connectivity index (χ0v) is 20.6. The summed E-state index contributed by atoms with van der Waals surface area (Å²) in [6.45, 7) is 0.511. The minimum atomic E-state index is -4.73. The van der Waals surface area contributed by atoms with Gasteiger partial charge in [0.1, 0.15) is 5.56 Å². The van der Waals surface area contributed by atoms with E-state index < -0.39 is 34.0 Å². The summed E-state index contributed by atoms with van der Waals surface area (Å²) < 4.78 is 40.7. The molecular formula is C28H27F3N4O2. The Kier molecular flexibility index (Phi) is 6.46. The van der Waals surface area contributed by atoms with Gasteiger partial charge in [0.25, 0.3) is 5.91 Å². The molecule has 2 fully saturated rings. The van der Waals surface area contributed by atoms with E-state index in [4.69, 9.17) is 0 Å². The fourth-order valence-electron chi connectivity index (χ4n) is 5.39. The van der Waals surface area contributed by atoms with E-state index in [1.807, 2.05) is 31.1 Å². The van der Waals surface area contributed by atoms with E-state index in [1.165, 1.54) is 12.1 Å². The van der Waals surface area contributed by atoms with Crippen LogP contribution < -0.4 is 15.6 Å². The summed E-state index contributed by atoms with van der Waals surface area (Å²) in [5, 5.41) is 2.15. The van der Waals surface area contributed by atoms with Gasteiger partial charge in [0.2, 0.25) is 5.43 Å². The predicted octanol–water partition coefficient (Wildman–Crippen LogP) is 4.84. The number of aromatic nitrogens is 1. The van der Waals surface area contributed by atoms with E-state index in [2.05, 4.69) is 27.0 Å².